The van der Waals surface area contributed by atoms with E-state index in [1.165, 1.54) is 23.0 Å². The third-order valence-corrected chi connectivity index (χ3v) is 5.76. The molecule has 32 heavy (non-hydrogen) atoms. The number of hydrogen-bond donors (Lipinski definition) is 2. The molecule has 8 nitrogen and oxygen atoms in total. The number of nitrogens with zero attached hydrogens (tertiary/aromatic N) is 4. The molecule has 1 fully saturated rings. The molecule has 0 spiro atoms. The fourth-order valence-electron chi connectivity index (χ4n) is 4.05. The van der Waals surface area contributed by atoms with Crippen molar-refractivity contribution in [2.24, 2.45) is 11.7 Å². The summed E-state index contributed by atoms with van der Waals surface area (Å²) in [4.78, 5) is 28.7. The van der Waals surface area contributed by atoms with Crippen molar-refractivity contribution in [1.82, 2.24) is 19.5 Å². The second-order valence-electron chi connectivity index (χ2n) is 7.69. The van der Waals surface area contributed by atoms with Gasteiger partial charge in [0.15, 0.2) is 0 Å². The van der Waals surface area contributed by atoms with Crippen molar-refractivity contribution >= 4 is 23.0 Å². The quantitative estimate of drug-likeness (QED) is 0.566. The summed E-state index contributed by atoms with van der Waals surface area (Å²) >= 11 is 0. The van der Waals surface area contributed by atoms with Crippen LogP contribution in [0.25, 0.3) is 16.6 Å². The molecule has 4 rings (SSSR count). The smallest absolute Gasteiger partial charge is 0.315 e. The number of amides is 2. The Hall–Kier alpha value is -3.63. The van der Waals surface area contributed by atoms with E-state index in [0.29, 0.717) is 28.8 Å². The van der Waals surface area contributed by atoms with Gasteiger partial charge >= 0.3 is 6.43 Å². The zero-order valence-corrected chi connectivity index (χ0v) is 17.1. The second-order valence-corrected chi connectivity index (χ2v) is 7.69. The minimum Gasteiger partial charge on any atom is -0.378 e. The normalized spacial score (nSPS) is 18.5. The van der Waals surface area contributed by atoms with Gasteiger partial charge < -0.3 is 16.0 Å². The number of carbonyl (C=O) groups excluding carboxylic acids is 2. The molecule has 2 amide bonds. The van der Waals surface area contributed by atoms with Gasteiger partial charge in [0.1, 0.15) is 0 Å². The van der Waals surface area contributed by atoms with E-state index in [0.717, 1.165) is 4.90 Å². The highest BCUT2D eigenvalue weighted by Crippen LogP contribution is 2.31. The summed E-state index contributed by atoms with van der Waals surface area (Å²) in [5, 5.41) is 7.48. The standard InChI is InChI=1S/C21H21F3N6O2/c1-2-11-8-29(21(32)19(23)24)10-15(11)28-18-14(20(25)31)7-27-30-9-13(5-16(18)30)12-3-4-17(22)26-6-12/h3-7,9,11,15,19,28H,2,8,10H2,1H3,(H2,25,31)/t11-,15+/m0/s1. The number of alkyl halides is 2. The molecule has 2 atom stereocenters. The average molecular weight is 446 g/mol. The first-order chi connectivity index (χ1) is 15.3. The Morgan fingerprint density at radius 2 is 2.03 bits per heavy atom. The van der Waals surface area contributed by atoms with Crippen LogP contribution in [0.3, 0.4) is 0 Å². The number of pyridine rings is 1. The molecule has 3 aromatic heterocycles. The fourth-order valence-corrected chi connectivity index (χ4v) is 4.05. The number of primary amides is 1. The van der Waals surface area contributed by atoms with Crippen LogP contribution in [0.1, 0.15) is 23.7 Å². The van der Waals surface area contributed by atoms with E-state index in [1.807, 2.05) is 6.92 Å². The van der Waals surface area contributed by atoms with Gasteiger partial charge in [-0.25, -0.2) is 9.50 Å². The molecule has 0 saturated carbocycles. The minimum atomic E-state index is -3.07. The van der Waals surface area contributed by atoms with E-state index in [4.69, 9.17) is 5.73 Å². The van der Waals surface area contributed by atoms with Crippen LogP contribution in [0.2, 0.25) is 0 Å². The van der Waals surface area contributed by atoms with Gasteiger partial charge in [0.2, 0.25) is 5.95 Å². The summed E-state index contributed by atoms with van der Waals surface area (Å²) in [5.41, 5.74) is 7.93. The number of aromatic nitrogens is 3. The van der Waals surface area contributed by atoms with Crippen LogP contribution >= 0.6 is 0 Å². The molecule has 3 aromatic rings. The molecule has 1 aliphatic rings. The molecule has 0 aliphatic carbocycles. The van der Waals surface area contributed by atoms with Crippen LogP contribution in [-0.4, -0.2) is 56.9 Å². The van der Waals surface area contributed by atoms with Gasteiger partial charge in [-0.1, -0.05) is 6.92 Å². The zero-order valence-electron chi connectivity index (χ0n) is 17.1. The van der Waals surface area contributed by atoms with Gasteiger partial charge in [-0.15, -0.1) is 0 Å². The Labute approximate surface area is 181 Å². The van der Waals surface area contributed by atoms with Gasteiger partial charge in [-0.2, -0.15) is 18.3 Å². The van der Waals surface area contributed by atoms with E-state index in [2.05, 4.69) is 15.4 Å². The van der Waals surface area contributed by atoms with E-state index in [1.54, 1.807) is 18.3 Å². The van der Waals surface area contributed by atoms with Crippen molar-refractivity contribution in [3.05, 3.63) is 48.3 Å². The maximum atomic E-state index is 13.2. The predicted octanol–water partition coefficient (Wildman–Crippen LogP) is 2.55. The molecule has 0 bridgehead atoms. The van der Waals surface area contributed by atoms with Crippen molar-refractivity contribution < 1.29 is 22.8 Å². The highest BCUT2D eigenvalue weighted by atomic mass is 19.3. The van der Waals surface area contributed by atoms with E-state index < -0.39 is 24.2 Å². The van der Waals surface area contributed by atoms with E-state index in [9.17, 15) is 22.8 Å². The second kappa shape index (κ2) is 8.48. The molecule has 0 radical (unpaired) electrons. The largest absolute Gasteiger partial charge is 0.378 e. The van der Waals surface area contributed by atoms with Crippen LogP contribution < -0.4 is 11.1 Å². The number of nitrogens with two attached hydrogens (primary N) is 1. The van der Waals surface area contributed by atoms with Crippen LogP contribution in [0, 0.1) is 11.9 Å². The van der Waals surface area contributed by atoms with E-state index in [-0.39, 0.29) is 30.6 Å². The highest BCUT2D eigenvalue weighted by molar-refractivity contribution is 6.02. The SMILES string of the molecule is CC[C@H]1CN(C(=O)C(F)F)C[C@H]1Nc1c(C(N)=O)cnn2cc(-c3ccc(F)nc3)cc12. The van der Waals surface area contributed by atoms with Crippen molar-refractivity contribution in [2.75, 3.05) is 18.4 Å². The average Bonchev–Trinajstić information content (AvgIpc) is 3.38. The maximum absolute atomic E-state index is 13.2. The topological polar surface area (TPSA) is 106 Å². The minimum absolute atomic E-state index is 0.0732. The molecule has 168 valence electrons. The van der Waals surface area contributed by atoms with Crippen LogP contribution in [0.5, 0.6) is 0 Å². The Morgan fingerprint density at radius 3 is 2.66 bits per heavy atom. The monoisotopic (exact) mass is 446 g/mol. The predicted molar refractivity (Wildman–Crippen MR) is 111 cm³/mol. The number of rotatable bonds is 6. The number of hydrogen-bond acceptors (Lipinski definition) is 5. The lowest BCUT2D eigenvalue weighted by atomic mass is 10.00. The molecular formula is C21H21F3N6O2. The van der Waals surface area contributed by atoms with Crippen molar-refractivity contribution in [1.29, 1.82) is 0 Å². The summed E-state index contributed by atoms with van der Waals surface area (Å²) < 4.78 is 40.6. The maximum Gasteiger partial charge on any atom is 0.315 e. The molecule has 4 heterocycles. The number of fused-ring (bicyclic) bond motifs is 1. The first-order valence-corrected chi connectivity index (χ1v) is 10.0. The summed E-state index contributed by atoms with van der Waals surface area (Å²) in [7, 11) is 0. The molecule has 1 aliphatic heterocycles. The van der Waals surface area contributed by atoms with Gasteiger partial charge in [0.25, 0.3) is 11.8 Å². The third-order valence-electron chi connectivity index (χ3n) is 5.76. The molecule has 3 N–H and O–H groups in total. The van der Waals surface area contributed by atoms with Crippen LogP contribution in [0.4, 0.5) is 18.9 Å². The highest BCUT2D eigenvalue weighted by Gasteiger charge is 2.37. The number of carbonyl (C=O) groups is 2. The summed E-state index contributed by atoms with van der Waals surface area (Å²) in [5.74, 6) is -2.62. The molecule has 1 saturated heterocycles. The summed E-state index contributed by atoms with van der Waals surface area (Å²) in [6, 6.07) is 4.18. The summed E-state index contributed by atoms with van der Waals surface area (Å²) in [6.07, 6.45) is 1.97. The number of likely N-dealkylation sites (tertiary alicyclic amines) is 1. The van der Waals surface area contributed by atoms with Gasteiger partial charge in [0, 0.05) is 42.7 Å². The lowest BCUT2D eigenvalue weighted by molar-refractivity contribution is -0.141. The Kier molecular flexibility index (Phi) is 5.72. The lowest BCUT2D eigenvalue weighted by Crippen LogP contribution is -2.35. The number of halogens is 3. The molecular weight excluding hydrogens is 425 g/mol. The van der Waals surface area contributed by atoms with Gasteiger partial charge in [-0.05, 0) is 30.5 Å². The molecule has 0 unspecified atom stereocenters. The summed E-state index contributed by atoms with van der Waals surface area (Å²) in [6.45, 7) is 2.17. The molecule has 11 heteroatoms. The van der Waals surface area contributed by atoms with Gasteiger partial charge in [0.05, 0.1) is 23.0 Å². The van der Waals surface area contributed by atoms with E-state index >= 15 is 0 Å². The van der Waals surface area contributed by atoms with Crippen LogP contribution in [0.15, 0.2) is 36.8 Å². The van der Waals surface area contributed by atoms with Crippen molar-refractivity contribution in [3.8, 4) is 11.1 Å². The number of nitrogens with one attached hydrogen (secondary N) is 1. The fraction of sp³-hybridized carbons (Fsp3) is 0.333. The van der Waals surface area contributed by atoms with Gasteiger partial charge in [-0.3, -0.25) is 9.59 Å². The number of anilines is 1. The Bertz CT molecular complexity index is 1160. The van der Waals surface area contributed by atoms with Crippen LogP contribution in [-0.2, 0) is 4.79 Å². The first-order valence-electron chi connectivity index (χ1n) is 10.0. The van der Waals surface area contributed by atoms with Crippen molar-refractivity contribution in [3.63, 3.8) is 0 Å². The Morgan fingerprint density at radius 1 is 1.25 bits per heavy atom. The van der Waals surface area contributed by atoms with Crippen molar-refractivity contribution in [2.45, 2.75) is 25.8 Å². The third kappa shape index (κ3) is 3.97. The zero-order chi connectivity index (χ0) is 23.0. The molecule has 0 aromatic carbocycles. The Balaban J connectivity index is 1.73. The lowest BCUT2D eigenvalue weighted by Gasteiger charge is -2.21. The first kappa shape index (κ1) is 21.6.